The third-order valence-electron chi connectivity index (χ3n) is 5.41. The van der Waals surface area contributed by atoms with E-state index in [0.29, 0.717) is 32.2 Å². The number of aromatic nitrogens is 1. The quantitative estimate of drug-likeness (QED) is 0.463. The Bertz CT molecular complexity index is 1400. The van der Waals surface area contributed by atoms with E-state index in [1.807, 2.05) is 34.9 Å². The van der Waals surface area contributed by atoms with Crippen LogP contribution in [0.1, 0.15) is 34.8 Å². The molecule has 0 aliphatic heterocycles. The zero-order valence-corrected chi connectivity index (χ0v) is 17.8. The van der Waals surface area contributed by atoms with E-state index in [4.69, 9.17) is 11.6 Å². The number of benzene rings is 3. The van der Waals surface area contributed by atoms with Crippen molar-refractivity contribution in [1.29, 1.82) is 0 Å². The average Bonchev–Trinajstić information content (AvgIpc) is 3.03. The maximum Gasteiger partial charge on any atom is 0.335 e. The highest BCUT2D eigenvalue weighted by atomic mass is 35.5. The van der Waals surface area contributed by atoms with Crippen LogP contribution in [0.4, 0.5) is 4.39 Å². The van der Waals surface area contributed by atoms with Gasteiger partial charge < -0.3 is 9.67 Å². The molecule has 0 saturated carbocycles. The number of carboxylic acid groups (broad SMARTS) is 1. The predicted octanol–water partition coefficient (Wildman–Crippen LogP) is 5.31. The highest BCUT2D eigenvalue weighted by Gasteiger charge is 2.14. The molecule has 0 aliphatic carbocycles. The van der Waals surface area contributed by atoms with E-state index in [9.17, 15) is 9.90 Å². The fraction of sp³-hybridized carbons (Fsp3) is 0.115. The maximum absolute atomic E-state index is 15.0. The van der Waals surface area contributed by atoms with E-state index in [2.05, 4.69) is 13.5 Å². The Kier molecular flexibility index (Phi) is 5.66. The minimum atomic E-state index is -0.999. The second-order valence-electron chi connectivity index (χ2n) is 7.39. The zero-order valence-electron chi connectivity index (χ0n) is 17.0. The largest absolute Gasteiger partial charge is 0.478 e. The first-order valence-electron chi connectivity index (χ1n) is 10.0. The summed E-state index contributed by atoms with van der Waals surface area (Å²) in [4.78, 5) is 11.2. The molecule has 4 aromatic rings. The molecule has 1 aromatic heterocycles. The highest BCUT2D eigenvalue weighted by molar-refractivity contribution is 6.32. The minimum Gasteiger partial charge on any atom is -0.478 e. The third kappa shape index (κ3) is 3.75. The summed E-state index contributed by atoms with van der Waals surface area (Å²) in [5.74, 6) is -1.35. The molecule has 5 heteroatoms. The van der Waals surface area contributed by atoms with E-state index in [1.54, 1.807) is 18.2 Å². The van der Waals surface area contributed by atoms with E-state index < -0.39 is 5.97 Å². The van der Waals surface area contributed by atoms with Gasteiger partial charge in [0.2, 0.25) is 0 Å². The number of nitrogens with zero attached hydrogens (tertiary/aromatic N) is 1. The summed E-state index contributed by atoms with van der Waals surface area (Å²) in [6, 6.07) is 17.1. The molecule has 0 spiro atoms. The molecule has 0 aliphatic rings. The van der Waals surface area contributed by atoms with Crippen LogP contribution in [0.15, 0.2) is 60.7 Å². The molecule has 156 valence electrons. The standard InChI is InChI=1S/C26H21ClFNO2/c1-3-6-17-7-4-8-22(27)21(17)15-20-16(2)29(24-10-5-9-23(28)25(20)24)19-13-11-18(12-14-19)26(30)31/h4-5,7-15H,2-3,6H2,1H3,(H,30,31)/b20-15-. The lowest BCUT2D eigenvalue weighted by Gasteiger charge is -2.07. The zero-order chi connectivity index (χ0) is 22.1. The fourth-order valence-electron chi connectivity index (χ4n) is 3.95. The van der Waals surface area contributed by atoms with E-state index in [1.165, 1.54) is 18.2 Å². The van der Waals surface area contributed by atoms with Crippen molar-refractivity contribution in [3.8, 4) is 5.69 Å². The van der Waals surface area contributed by atoms with Gasteiger partial charge in [0.25, 0.3) is 0 Å². The summed E-state index contributed by atoms with van der Waals surface area (Å²) in [5.41, 5.74) is 3.50. The van der Waals surface area contributed by atoms with Gasteiger partial charge in [-0.25, -0.2) is 9.18 Å². The normalized spacial score (nSPS) is 11.9. The molecule has 3 aromatic carbocycles. The molecule has 0 fully saturated rings. The van der Waals surface area contributed by atoms with Crippen LogP contribution in [0.2, 0.25) is 5.02 Å². The molecular formula is C26H21ClFNO2. The number of aromatic carboxylic acids is 1. The second kappa shape index (κ2) is 8.40. The highest BCUT2D eigenvalue weighted by Crippen LogP contribution is 2.23. The van der Waals surface area contributed by atoms with Crippen LogP contribution < -0.4 is 10.6 Å². The Balaban J connectivity index is 2.05. The van der Waals surface area contributed by atoms with Crippen molar-refractivity contribution in [1.82, 2.24) is 4.57 Å². The minimum absolute atomic E-state index is 0.184. The van der Waals surface area contributed by atoms with Crippen LogP contribution >= 0.6 is 11.6 Å². The van der Waals surface area contributed by atoms with E-state index >= 15 is 4.39 Å². The number of hydrogen-bond acceptors (Lipinski definition) is 1. The molecule has 31 heavy (non-hydrogen) atoms. The molecule has 1 heterocycles. The molecule has 1 N–H and O–H groups in total. The maximum atomic E-state index is 15.0. The van der Waals surface area contributed by atoms with Crippen LogP contribution in [0.3, 0.4) is 0 Å². The predicted molar refractivity (Wildman–Crippen MR) is 124 cm³/mol. The topological polar surface area (TPSA) is 42.2 Å². The number of halogens is 2. The van der Waals surface area contributed by atoms with Crippen molar-refractivity contribution in [3.05, 3.63) is 98.8 Å². The number of rotatable bonds is 5. The van der Waals surface area contributed by atoms with Crippen LogP contribution in [0.5, 0.6) is 0 Å². The van der Waals surface area contributed by atoms with Crippen LogP contribution in [0, 0.1) is 5.82 Å². The van der Waals surface area contributed by atoms with Crippen molar-refractivity contribution in [2.75, 3.05) is 0 Å². The summed E-state index contributed by atoms with van der Waals surface area (Å²) >= 11 is 6.52. The molecule has 3 nitrogen and oxygen atoms in total. The van der Waals surface area contributed by atoms with Gasteiger partial charge >= 0.3 is 5.97 Å². The summed E-state index contributed by atoms with van der Waals surface area (Å²) in [6.45, 7) is 6.34. The Hall–Kier alpha value is -3.37. The molecular weight excluding hydrogens is 413 g/mol. The van der Waals surface area contributed by atoms with Gasteiger partial charge in [-0.1, -0.05) is 49.7 Å². The van der Waals surface area contributed by atoms with Crippen molar-refractivity contribution < 1.29 is 14.3 Å². The van der Waals surface area contributed by atoms with Gasteiger partial charge in [-0.05, 0) is 66.1 Å². The van der Waals surface area contributed by atoms with Gasteiger partial charge in [0.05, 0.1) is 11.1 Å². The van der Waals surface area contributed by atoms with Gasteiger partial charge in [-0.15, -0.1) is 0 Å². The van der Waals surface area contributed by atoms with Gasteiger partial charge in [0.1, 0.15) is 5.82 Å². The molecule has 4 rings (SSSR count). The van der Waals surface area contributed by atoms with Crippen LogP contribution in [0.25, 0.3) is 29.2 Å². The lowest BCUT2D eigenvalue weighted by atomic mass is 10.0. The first kappa shape index (κ1) is 20.9. The molecule has 0 bridgehead atoms. The van der Waals surface area contributed by atoms with Crippen LogP contribution in [-0.4, -0.2) is 15.6 Å². The van der Waals surface area contributed by atoms with E-state index in [-0.39, 0.29) is 11.4 Å². The first-order valence-corrected chi connectivity index (χ1v) is 10.4. The van der Waals surface area contributed by atoms with Gasteiger partial charge in [-0.3, -0.25) is 0 Å². The molecule has 0 amide bonds. The average molecular weight is 434 g/mol. The first-order chi connectivity index (χ1) is 14.9. The third-order valence-corrected chi connectivity index (χ3v) is 5.74. The van der Waals surface area contributed by atoms with Gasteiger partial charge in [0, 0.05) is 26.7 Å². The summed E-state index contributed by atoms with van der Waals surface area (Å²) in [7, 11) is 0. The number of carboxylic acids is 1. The summed E-state index contributed by atoms with van der Waals surface area (Å²) in [6.07, 6.45) is 3.73. The Labute approximate surface area is 184 Å². The number of hydrogen-bond donors (Lipinski definition) is 1. The van der Waals surface area contributed by atoms with Crippen molar-refractivity contribution >= 4 is 41.1 Å². The monoisotopic (exact) mass is 433 g/mol. The fourth-order valence-corrected chi connectivity index (χ4v) is 4.20. The van der Waals surface area contributed by atoms with E-state index in [0.717, 1.165) is 24.0 Å². The SMILES string of the molecule is C=c1/c(=C/c2c(Cl)cccc2CCC)c2c(F)cccc2n1-c1ccc(C(=O)O)cc1. The molecule has 0 atom stereocenters. The van der Waals surface area contributed by atoms with Gasteiger partial charge in [-0.2, -0.15) is 0 Å². The molecule has 0 saturated heterocycles. The number of aryl methyl sites for hydroxylation is 1. The smallest absolute Gasteiger partial charge is 0.335 e. The number of fused-ring (bicyclic) bond motifs is 1. The Morgan fingerprint density at radius 3 is 2.52 bits per heavy atom. The van der Waals surface area contributed by atoms with Crippen molar-refractivity contribution in [3.63, 3.8) is 0 Å². The molecule has 0 unspecified atom stereocenters. The lowest BCUT2D eigenvalue weighted by Crippen LogP contribution is -2.27. The summed E-state index contributed by atoms with van der Waals surface area (Å²) in [5, 5.41) is 11.5. The van der Waals surface area contributed by atoms with Crippen molar-refractivity contribution in [2.24, 2.45) is 0 Å². The van der Waals surface area contributed by atoms with Gasteiger partial charge in [0.15, 0.2) is 0 Å². The summed E-state index contributed by atoms with van der Waals surface area (Å²) < 4.78 is 16.8. The number of carbonyl (C=O) groups is 1. The Morgan fingerprint density at radius 2 is 1.84 bits per heavy atom. The van der Waals surface area contributed by atoms with Crippen molar-refractivity contribution in [2.45, 2.75) is 19.8 Å². The van der Waals surface area contributed by atoms with Crippen LogP contribution in [-0.2, 0) is 6.42 Å². The lowest BCUT2D eigenvalue weighted by molar-refractivity contribution is 0.0697. The second-order valence-corrected chi connectivity index (χ2v) is 7.80. The Morgan fingerprint density at radius 1 is 1.13 bits per heavy atom. The molecule has 0 radical (unpaired) electrons.